The molecule has 0 radical (unpaired) electrons. The summed E-state index contributed by atoms with van der Waals surface area (Å²) in [7, 11) is 0. The molecule has 2 aliphatic heterocycles. The van der Waals surface area contributed by atoms with Gasteiger partial charge in [0.05, 0.1) is 10.9 Å². The summed E-state index contributed by atoms with van der Waals surface area (Å²) in [4.78, 5) is 2.40. The van der Waals surface area contributed by atoms with Crippen molar-refractivity contribution in [3.8, 4) is 0 Å². The van der Waals surface area contributed by atoms with Gasteiger partial charge in [0, 0.05) is 46.2 Å². The third-order valence-corrected chi connectivity index (χ3v) is 6.71. The molecule has 0 fully saturated rings. The Morgan fingerprint density at radius 2 is 1.81 bits per heavy atom. The molecule has 3 aromatic rings. The van der Waals surface area contributed by atoms with E-state index in [4.69, 9.17) is 0 Å². The zero-order valence-electron chi connectivity index (χ0n) is 15.9. The van der Waals surface area contributed by atoms with Crippen molar-refractivity contribution in [2.24, 2.45) is 0 Å². The fraction of sp³-hybridized carbons (Fsp3) is 0.292. The van der Waals surface area contributed by atoms with E-state index in [-0.39, 0.29) is 0 Å². The van der Waals surface area contributed by atoms with Crippen molar-refractivity contribution in [3.63, 3.8) is 0 Å². The van der Waals surface area contributed by atoms with Crippen molar-refractivity contribution in [1.82, 2.24) is 0 Å². The lowest BCUT2D eigenvalue weighted by Crippen LogP contribution is -2.22. The van der Waals surface area contributed by atoms with Gasteiger partial charge in [-0.05, 0) is 56.7 Å². The Morgan fingerprint density at radius 3 is 2.56 bits per heavy atom. The van der Waals surface area contributed by atoms with Crippen LogP contribution in [0.1, 0.15) is 37.0 Å². The first-order chi connectivity index (χ1) is 13.2. The molecular weight excluding hydrogens is 396 g/mol. The first-order valence-electron chi connectivity index (χ1n) is 9.97. The number of anilines is 1. The topological polar surface area (TPSA) is 6.25 Å². The predicted octanol–water partition coefficient (Wildman–Crippen LogP) is 5.89. The van der Waals surface area contributed by atoms with Gasteiger partial charge in [0.25, 0.3) is 0 Å². The smallest absolute Gasteiger partial charge is 0.221 e. The summed E-state index contributed by atoms with van der Waals surface area (Å²) in [6, 6.07) is 18.2. The van der Waals surface area contributed by atoms with Crippen LogP contribution >= 0.6 is 15.9 Å². The van der Waals surface area contributed by atoms with Gasteiger partial charge in [0.15, 0.2) is 0 Å². The number of halogens is 1. The lowest BCUT2D eigenvalue weighted by Gasteiger charge is -2.21. The highest BCUT2D eigenvalue weighted by Gasteiger charge is 2.37. The molecule has 0 aliphatic carbocycles. The quantitative estimate of drug-likeness (QED) is 0.477. The van der Waals surface area contributed by atoms with Crippen LogP contribution in [0.5, 0.6) is 0 Å². The molecule has 136 valence electrons. The third-order valence-electron chi connectivity index (χ3n) is 6.06. The average Bonchev–Trinajstić information content (AvgIpc) is 3.04. The molecule has 5 rings (SSSR count). The molecule has 3 heteroatoms. The van der Waals surface area contributed by atoms with Crippen molar-refractivity contribution in [1.29, 1.82) is 0 Å². The molecule has 2 aliphatic rings. The second kappa shape index (κ2) is 6.49. The molecule has 0 saturated heterocycles. The molecule has 0 aromatic heterocycles. The molecule has 2 heterocycles. The maximum Gasteiger partial charge on any atom is 0.221 e. The van der Waals surface area contributed by atoms with Gasteiger partial charge in [0.2, 0.25) is 11.4 Å². The van der Waals surface area contributed by atoms with Crippen LogP contribution in [-0.2, 0) is 6.42 Å². The zero-order valence-corrected chi connectivity index (χ0v) is 17.5. The minimum Gasteiger partial charge on any atom is -0.372 e. The largest absolute Gasteiger partial charge is 0.372 e. The van der Waals surface area contributed by atoms with E-state index in [0.717, 1.165) is 19.6 Å². The van der Waals surface area contributed by atoms with Crippen molar-refractivity contribution >= 4 is 43.8 Å². The SMILES string of the molecule is CCN(CC)c1ccc(C2=[N+]3CCCc4cc(Br)c5cccc2c5c43)cc1. The Hall–Kier alpha value is -2.13. The summed E-state index contributed by atoms with van der Waals surface area (Å²) in [6.07, 6.45) is 2.38. The summed E-state index contributed by atoms with van der Waals surface area (Å²) in [5.74, 6) is 0. The van der Waals surface area contributed by atoms with E-state index in [1.54, 1.807) is 0 Å². The number of rotatable bonds is 4. The molecular formula is C24H24BrN2+. The Morgan fingerprint density at radius 1 is 1.04 bits per heavy atom. The molecule has 0 amide bonds. The normalized spacial score (nSPS) is 14.9. The van der Waals surface area contributed by atoms with Crippen LogP contribution in [0.2, 0.25) is 0 Å². The Balaban J connectivity index is 1.71. The second-order valence-corrected chi connectivity index (χ2v) is 8.27. The predicted molar refractivity (Wildman–Crippen MR) is 118 cm³/mol. The van der Waals surface area contributed by atoms with Crippen LogP contribution in [0.25, 0.3) is 10.8 Å². The number of aryl methyl sites for hydroxylation is 1. The van der Waals surface area contributed by atoms with Gasteiger partial charge in [-0.1, -0.05) is 28.1 Å². The number of hydrogen-bond acceptors (Lipinski definition) is 1. The van der Waals surface area contributed by atoms with Gasteiger partial charge >= 0.3 is 0 Å². The van der Waals surface area contributed by atoms with Gasteiger partial charge < -0.3 is 4.90 Å². The monoisotopic (exact) mass is 419 g/mol. The van der Waals surface area contributed by atoms with E-state index in [1.807, 2.05) is 0 Å². The highest BCUT2D eigenvalue weighted by Crippen LogP contribution is 2.44. The summed E-state index contributed by atoms with van der Waals surface area (Å²) in [5.41, 5.74) is 8.29. The van der Waals surface area contributed by atoms with E-state index in [1.165, 1.54) is 61.9 Å². The van der Waals surface area contributed by atoms with Crippen molar-refractivity contribution < 1.29 is 4.58 Å². The van der Waals surface area contributed by atoms with Crippen molar-refractivity contribution in [2.75, 3.05) is 24.5 Å². The van der Waals surface area contributed by atoms with Crippen LogP contribution in [0.4, 0.5) is 11.4 Å². The fourth-order valence-corrected chi connectivity index (χ4v) is 5.41. The molecule has 0 unspecified atom stereocenters. The summed E-state index contributed by atoms with van der Waals surface area (Å²) < 4.78 is 3.79. The molecule has 0 saturated carbocycles. The number of benzene rings is 3. The minimum atomic E-state index is 1.04. The van der Waals surface area contributed by atoms with Gasteiger partial charge in [-0.25, -0.2) is 0 Å². The van der Waals surface area contributed by atoms with Gasteiger partial charge in [0.1, 0.15) is 6.54 Å². The van der Waals surface area contributed by atoms with Crippen molar-refractivity contribution in [2.45, 2.75) is 26.7 Å². The van der Waals surface area contributed by atoms with Crippen LogP contribution in [-0.4, -0.2) is 29.9 Å². The highest BCUT2D eigenvalue weighted by atomic mass is 79.9. The molecule has 0 spiro atoms. The van der Waals surface area contributed by atoms with Crippen LogP contribution in [0.15, 0.2) is 53.0 Å². The minimum absolute atomic E-state index is 1.04. The van der Waals surface area contributed by atoms with Crippen LogP contribution in [0, 0.1) is 0 Å². The molecule has 0 N–H and O–H groups in total. The molecule has 3 aromatic carbocycles. The second-order valence-electron chi connectivity index (χ2n) is 7.42. The van der Waals surface area contributed by atoms with Crippen molar-refractivity contribution in [3.05, 3.63) is 69.7 Å². The standard InChI is InChI=1S/C24H24BrN2/c1-3-26(4-2)18-12-10-16(11-13-18)23-20-9-5-8-19-21(25)15-17-7-6-14-27(23)24(17)22(19)20/h5,8-13,15H,3-4,6-7,14H2,1-2H3/q+1. The summed E-state index contributed by atoms with van der Waals surface area (Å²) in [5, 5.41) is 2.75. The third kappa shape index (κ3) is 2.48. The first kappa shape index (κ1) is 17.0. The lowest BCUT2D eigenvalue weighted by atomic mass is 9.95. The zero-order chi connectivity index (χ0) is 18.5. The number of nitrogens with zero attached hydrogens (tertiary/aromatic N) is 2. The Kier molecular flexibility index (Phi) is 4.08. The summed E-state index contributed by atoms with van der Waals surface area (Å²) >= 11 is 3.81. The molecule has 0 bridgehead atoms. The van der Waals surface area contributed by atoms with Gasteiger partial charge in [-0.15, -0.1) is 0 Å². The maximum absolute atomic E-state index is 3.81. The van der Waals surface area contributed by atoms with E-state index in [2.05, 4.69) is 87.8 Å². The van der Waals surface area contributed by atoms with Crippen LogP contribution < -0.4 is 4.90 Å². The maximum atomic E-state index is 3.81. The van der Waals surface area contributed by atoms with Crippen LogP contribution in [0.3, 0.4) is 0 Å². The van der Waals surface area contributed by atoms with Gasteiger partial charge in [-0.3, -0.25) is 0 Å². The molecule has 27 heavy (non-hydrogen) atoms. The van der Waals surface area contributed by atoms with E-state index in [0.29, 0.717) is 0 Å². The van der Waals surface area contributed by atoms with E-state index in [9.17, 15) is 0 Å². The Bertz CT molecular complexity index is 1080. The lowest BCUT2D eigenvalue weighted by molar-refractivity contribution is -0.441. The van der Waals surface area contributed by atoms with E-state index < -0.39 is 0 Å². The summed E-state index contributed by atoms with van der Waals surface area (Å²) in [6.45, 7) is 7.62. The Labute approximate surface area is 169 Å². The molecule has 0 atom stereocenters. The fourth-order valence-electron chi connectivity index (χ4n) is 4.80. The number of hydrogen-bond donors (Lipinski definition) is 0. The highest BCUT2D eigenvalue weighted by molar-refractivity contribution is 9.10. The van der Waals surface area contributed by atoms with E-state index >= 15 is 0 Å². The first-order valence-corrected chi connectivity index (χ1v) is 10.8. The van der Waals surface area contributed by atoms with Gasteiger partial charge in [-0.2, -0.15) is 4.58 Å². The molecule has 2 nitrogen and oxygen atoms in total. The average molecular weight is 420 g/mol.